The summed E-state index contributed by atoms with van der Waals surface area (Å²) in [5.41, 5.74) is 0.922. The second kappa shape index (κ2) is 5.88. The normalized spacial score (nSPS) is 27.5. The average Bonchev–Trinajstić information content (AvgIpc) is 2.94. The number of carbonyl (C=O) groups excluding carboxylic acids is 2. The first-order valence-corrected chi connectivity index (χ1v) is 7.42. The van der Waals surface area contributed by atoms with Crippen LogP contribution in [0.4, 0.5) is 0 Å². The fraction of sp³-hybridized carbons (Fsp3) is 0.438. The van der Waals surface area contributed by atoms with Crippen molar-refractivity contribution in [3.8, 4) is 0 Å². The van der Waals surface area contributed by atoms with E-state index >= 15 is 0 Å². The molecule has 1 aromatic rings. The molecule has 2 fully saturated rings. The third kappa shape index (κ3) is 2.62. The number of Topliss-reactive ketones (excluding diaryl/α,β-unsaturated/α-hetero) is 1. The van der Waals surface area contributed by atoms with Gasteiger partial charge in [0.15, 0.2) is 5.78 Å². The maximum Gasteiger partial charge on any atom is 0.326 e. The number of ketones is 1. The number of amides is 1. The fourth-order valence-corrected chi connectivity index (χ4v) is 3.43. The van der Waals surface area contributed by atoms with Crippen molar-refractivity contribution in [2.45, 2.75) is 37.4 Å². The molecule has 2 heterocycles. The number of hydrogen-bond donors (Lipinski definition) is 2. The van der Waals surface area contributed by atoms with Gasteiger partial charge in [-0.25, -0.2) is 4.79 Å². The minimum Gasteiger partial charge on any atom is -0.480 e. The summed E-state index contributed by atoms with van der Waals surface area (Å²) < 4.78 is 0. The van der Waals surface area contributed by atoms with Crippen LogP contribution in [-0.2, 0) is 20.8 Å². The maximum absolute atomic E-state index is 12.5. The first-order chi connectivity index (χ1) is 10.6. The second-order valence-corrected chi connectivity index (χ2v) is 5.79. The van der Waals surface area contributed by atoms with E-state index < -0.39 is 18.1 Å². The number of nitrogens with one attached hydrogen (secondary N) is 1. The number of hydrogen-bond acceptors (Lipinski definition) is 4. The molecule has 0 spiro atoms. The quantitative estimate of drug-likeness (QED) is 0.830. The molecule has 0 aromatic heterocycles. The van der Waals surface area contributed by atoms with Gasteiger partial charge in [0.1, 0.15) is 6.04 Å². The lowest BCUT2D eigenvalue weighted by atomic mass is 9.95. The molecule has 1 aromatic carbocycles. The summed E-state index contributed by atoms with van der Waals surface area (Å²) in [7, 11) is 0. The van der Waals surface area contributed by atoms with Gasteiger partial charge < -0.3 is 10.0 Å². The molecule has 2 N–H and O–H groups in total. The van der Waals surface area contributed by atoms with Crippen molar-refractivity contribution < 1.29 is 19.5 Å². The highest BCUT2D eigenvalue weighted by Gasteiger charge is 2.48. The Balaban J connectivity index is 1.76. The molecule has 0 radical (unpaired) electrons. The number of benzene rings is 1. The number of rotatable bonds is 4. The second-order valence-electron chi connectivity index (χ2n) is 5.79. The molecule has 2 saturated heterocycles. The molecule has 22 heavy (non-hydrogen) atoms. The van der Waals surface area contributed by atoms with Gasteiger partial charge in [-0.3, -0.25) is 14.9 Å². The number of carbonyl (C=O) groups is 3. The van der Waals surface area contributed by atoms with Crippen molar-refractivity contribution in [3.63, 3.8) is 0 Å². The van der Waals surface area contributed by atoms with Crippen LogP contribution in [0.25, 0.3) is 0 Å². The summed E-state index contributed by atoms with van der Waals surface area (Å²) in [5.74, 6) is -1.23. The van der Waals surface area contributed by atoms with Crippen LogP contribution >= 0.6 is 0 Å². The summed E-state index contributed by atoms with van der Waals surface area (Å²) in [6, 6.07) is 7.79. The van der Waals surface area contributed by atoms with E-state index in [9.17, 15) is 19.5 Å². The standard InChI is InChI=1S/C16H18N2O4/c19-13(8-10-4-2-1-3-5-10)15-11-6-7-12(16(21)22)18(11)14(20)9-17-15/h1-5,11-12,15,17H,6-9H2,(H,21,22). The molecule has 0 saturated carbocycles. The van der Waals surface area contributed by atoms with Gasteiger partial charge in [0.25, 0.3) is 0 Å². The highest BCUT2D eigenvalue weighted by molar-refractivity contribution is 5.92. The smallest absolute Gasteiger partial charge is 0.326 e. The van der Waals surface area contributed by atoms with Crippen LogP contribution in [0.5, 0.6) is 0 Å². The molecule has 3 unspecified atom stereocenters. The minimum absolute atomic E-state index is 0.000242. The number of nitrogens with zero attached hydrogens (tertiary/aromatic N) is 1. The molecule has 3 atom stereocenters. The van der Waals surface area contributed by atoms with Crippen molar-refractivity contribution in [2.75, 3.05) is 6.54 Å². The van der Waals surface area contributed by atoms with Gasteiger partial charge >= 0.3 is 5.97 Å². The Morgan fingerprint density at radius 1 is 1.23 bits per heavy atom. The molecule has 0 aliphatic carbocycles. The van der Waals surface area contributed by atoms with E-state index in [1.165, 1.54) is 4.90 Å². The van der Waals surface area contributed by atoms with Crippen LogP contribution in [0.3, 0.4) is 0 Å². The zero-order chi connectivity index (χ0) is 15.7. The van der Waals surface area contributed by atoms with Gasteiger partial charge in [-0.2, -0.15) is 0 Å². The van der Waals surface area contributed by atoms with Gasteiger partial charge in [-0.1, -0.05) is 30.3 Å². The number of fused-ring (bicyclic) bond motifs is 1. The lowest BCUT2D eigenvalue weighted by Crippen LogP contribution is -2.63. The zero-order valence-corrected chi connectivity index (χ0v) is 12.1. The number of piperazine rings is 1. The Labute approximate surface area is 128 Å². The zero-order valence-electron chi connectivity index (χ0n) is 12.1. The summed E-state index contributed by atoms with van der Waals surface area (Å²) in [6.07, 6.45) is 1.23. The number of carboxylic acid groups (broad SMARTS) is 1. The molecule has 3 rings (SSSR count). The van der Waals surface area contributed by atoms with Crippen LogP contribution in [0.1, 0.15) is 18.4 Å². The summed E-state index contributed by atoms with van der Waals surface area (Å²) >= 11 is 0. The molecule has 6 heteroatoms. The molecule has 2 aliphatic heterocycles. The van der Waals surface area contributed by atoms with Gasteiger partial charge in [0.05, 0.1) is 18.6 Å². The molecule has 116 valence electrons. The van der Waals surface area contributed by atoms with Crippen molar-refractivity contribution in [1.29, 1.82) is 0 Å². The highest BCUT2D eigenvalue weighted by Crippen LogP contribution is 2.29. The van der Waals surface area contributed by atoms with E-state index in [0.717, 1.165) is 5.56 Å². The van der Waals surface area contributed by atoms with Crippen LogP contribution in [0, 0.1) is 0 Å². The summed E-state index contributed by atoms with van der Waals surface area (Å²) in [6.45, 7) is 0.0193. The van der Waals surface area contributed by atoms with Gasteiger partial charge in [-0.15, -0.1) is 0 Å². The lowest BCUT2D eigenvalue weighted by molar-refractivity contribution is -0.152. The SMILES string of the molecule is O=C(Cc1ccccc1)C1NCC(=O)N2C(C(=O)O)CCC12. The highest BCUT2D eigenvalue weighted by atomic mass is 16.4. The van der Waals surface area contributed by atoms with Gasteiger partial charge in [0, 0.05) is 6.42 Å². The third-order valence-corrected chi connectivity index (χ3v) is 4.43. The summed E-state index contributed by atoms with van der Waals surface area (Å²) in [4.78, 5) is 37.2. The Kier molecular flexibility index (Phi) is 3.94. The lowest BCUT2D eigenvalue weighted by Gasteiger charge is -2.38. The predicted octanol–water partition coefficient (Wildman–Crippen LogP) is 0.214. The van der Waals surface area contributed by atoms with E-state index in [1.807, 2.05) is 30.3 Å². The van der Waals surface area contributed by atoms with E-state index in [4.69, 9.17) is 0 Å². The molecular weight excluding hydrogens is 284 g/mol. The Morgan fingerprint density at radius 3 is 2.64 bits per heavy atom. The van der Waals surface area contributed by atoms with Crippen molar-refractivity contribution in [1.82, 2.24) is 10.2 Å². The van der Waals surface area contributed by atoms with Gasteiger partial charge in [-0.05, 0) is 18.4 Å². The van der Waals surface area contributed by atoms with E-state index in [-0.39, 0.29) is 30.7 Å². The fourth-order valence-electron chi connectivity index (χ4n) is 3.43. The van der Waals surface area contributed by atoms with Gasteiger partial charge in [0.2, 0.25) is 5.91 Å². The Hall–Kier alpha value is -2.21. The minimum atomic E-state index is -0.994. The summed E-state index contributed by atoms with van der Waals surface area (Å²) in [5, 5.41) is 12.2. The molecule has 1 amide bonds. The average molecular weight is 302 g/mol. The van der Waals surface area contributed by atoms with Crippen LogP contribution in [0.2, 0.25) is 0 Å². The van der Waals surface area contributed by atoms with Crippen molar-refractivity contribution in [2.24, 2.45) is 0 Å². The maximum atomic E-state index is 12.5. The molecule has 6 nitrogen and oxygen atoms in total. The van der Waals surface area contributed by atoms with Crippen LogP contribution in [-0.4, -0.2) is 52.3 Å². The number of aliphatic carboxylic acids is 1. The first kappa shape index (κ1) is 14.7. The Bertz CT molecular complexity index is 601. The van der Waals surface area contributed by atoms with Crippen LogP contribution < -0.4 is 5.32 Å². The van der Waals surface area contributed by atoms with E-state index in [2.05, 4.69) is 5.32 Å². The van der Waals surface area contributed by atoms with E-state index in [0.29, 0.717) is 12.8 Å². The topological polar surface area (TPSA) is 86.7 Å². The molecule has 0 bridgehead atoms. The van der Waals surface area contributed by atoms with E-state index in [1.54, 1.807) is 0 Å². The Morgan fingerprint density at radius 2 is 1.95 bits per heavy atom. The molecule has 2 aliphatic rings. The molecular formula is C16H18N2O4. The van der Waals surface area contributed by atoms with Crippen molar-refractivity contribution in [3.05, 3.63) is 35.9 Å². The first-order valence-electron chi connectivity index (χ1n) is 7.42. The number of carboxylic acids is 1. The van der Waals surface area contributed by atoms with Crippen molar-refractivity contribution >= 4 is 17.7 Å². The third-order valence-electron chi connectivity index (χ3n) is 4.43. The van der Waals surface area contributed by atoms with Crippen LogP contribution in [0.15, 0.2) is 30.3 Å². The largest absolute Gasteiger partial charge is 0.480 e. The predicted molar refractivity (Wildman–Crippen MR) is 78.2 cm³/mol. The monoisotopic (exact) mass is 302 g/mol.